The number of hydrogen-bond acceptors (Lipinski definition) is 7. The van der Waals surface area contributed by atoms with Crippen molar-refractivity contribution in [1.82, 2.24) is 0 Å². The van der Waals surface area contributed by atoms with Crippen LogP contribution in [0.2, 0.25) is 0 Å². The van der Waals surface area contributed by atoms with E-state index in [1.54, 1.807) is 0 Å². The Morgan fingerprint density at radius 2 is 1.96 bits per heavy atom. The van der Waals surface area contributed by atoms with Crippen molar-refractivity contribution < 1.29 is 34.4 Å². The molecule has 5 rings (SSSR count). The van der Waals surface area contributed by atoms with Crippen LogP contribution in [0.15, 0.2) is 11.6 Å². The van der Waals surface area contributed by atoms with E-state index in [4.69, 9.17) is 9.47 Å². The average molecular weight is 378 g/mol. The minimum Gasteiger partial charge on any atom is -0.462 e. The molecule has 2 aliphatic heterocycles. The van der Waals surface area contributed by atoms with E-state index in [9.17, 15) is 24.9 Å². The van der Waals surface area contributed by atoms with Gasteiger partial charge in [-0.25, -0.2) is 0 Å². The fraction of sp³-hybridized carbons (Fsp3) is 0.800. The lowest BCUT2D eigenvalue weighted by atomic mass is 9.38. The summed E-state index contributed by atoms with van der Waals surface area (Å²) in [6.45, 7) is 5.62. The summed E-state index contributed by atoms with van der Waals surface area (Å²) in [5, 5.41) is 33.5. The SMILES string of the molecule is CC1=CC(=O)[C@@H](O)[C@]2(C)C3[C@]45CO[C@@]3(O)[C@H](O)[C@H](C)[C@@H]4CC(=O)O[C@@H]5C[C@@H]12. The summed E-state index contributed by atoms with van der Waals surface area (Å²) in [6.07, 6.45) is -0.917. The van der Waals surface area contributed by atoms with E-state index >= 15 is 0 Å². The zero-order chi connectivity index (χ0) is 19.5. The molecule has 0 aromatic rings. The Bertz CT molecular complexity index is 776. The molecule has 1 unspecified atom stereocenters. The van der Waals surface area contributed by atoms with Crippen LogP contribution < -0.4 is 0 Å². The molecular formula is C20H26O7. The van der Waals surface area contributed by atoms with Gasteiger partial charge in [0.15, 0.2) is 11.6 Å². The third-order valence-corrected chi connectivity index (χ3v) is 8.61. The molecule has 27 heavy (non-hydrogen) atoms. The Morgan fingerprint density at radius 1 is 1.26 bits per heavy atom. The van der Waals surface area contributed by atoms with Gasteiger partial charge in [-0.1, -0.05) is 19.4 Å². The standard InChI is InChI=1S/C20H26O7/c1-8-4-12(21)16(24)18(3)10(8)5-13-19-7-26-20(25,17(18)19)15(23)9(2)11(19)6-14(22)27-13/h4,9-11,13,15-17,23-25H,5-7H2,1-3H3/t9-,10+,11+,13-,15-,16-,17?,18-,19-,20+/m1/s1. The maximum atomic E-state index is 12.5. The lowest BCUT2D eigenvalue weighted by Crippen LogP contribution is -2.75. The van der Waals surface area contributed by atoms with Crippen LogP contribution in [0.1, 0.15) is 33.6 Å². The first-order valence-electron chi connectivity index (χ1n) is 9.72. The normalized spacial score (nSPS) is 58.9. The molecular weight excluding hydrogens is 352 g/mol. The number of allylic oxidation sites excluding steroid dienone is 1. The molecule has 7 nitrogen and oxygen atoms in total. The third kappa shape index (κ3) is 1.74. The molecule has 0 radical (unpaired) electrons. The summed E-state index contributed by atoms with van der Waals surface area (Å²) in [4.78, 5) is 24.9. The molecule has 148 valence electrons. The third-order valence-electron chi connectivity index (χ3n) is 8.61. The van der Waals surface area contributed by atoms with E-state index in [1.807, 2.05) is 20.8 Å². The van der Waals surface area contributed by atoms with E-state index in [0.717, 1.165) is 5.57 Å². The van der Waals surface area contributed by atoms with E-state index in [1.165, 1.54) is 6.08 Å². The van der Waals surface area contributed by atoms with E-state index in [2.05, 4.69) is 0 Å². The van der Waals surface area contributed by atoms with E-state index in [-0.39, 0.29) is 42.5 Å². The molecule has 2 heterocycles. The van der Waals surface area contributed by atoms with Gasteiger partial charge in [0.2, 0.25) is 0 Å². The van der Waals surface area contributed by atoms with Crippen LogP contribution in [0.25, 0.3) is 0 Å². The first kappa shape index (κ1) is 17.8. The Balaban J connectivity index is 1.78. The fourth-order valence-electron chi connectivity index (χ4n) is 7.54. The molecule has 5 aliphatic rings. The smallest absolute Gasteiger partial charge is 0.306 e. The summed E-state index contributed by atoms with van der Waals surface area (Å²) >= 11 is 0. The molecule has 10 atom stereocenters. The monoisotopic (exact) mass is 378 g/mol. The van der Waals surface area contributed by atoms with E-state index in [0.29, 0.717) is 6.42 Å². The molecule has 1 spiro atoms. The van der Waals surface area contributed by atoms with Crippen molar-refractivity contribution in [2.45, 2.75) is 57.7 Å². The molecule has 0 amide bonds. The van der Waals surface area contributed by atoms with Crippen molar-refractivity contribution in [1.29, 1.82) is 0 Å². The number of esters is 1. The summed E-state index contributed by atoms with van der Waals surface area (Å²) in [5.74, 6) is -4.15. The highest BCUT2D eigenvalue weighted by atomic mass is 16.6. The van der Waals surface area contributed by atoms with Gasteiger partial charge in [0.25, 0.3) is 0 Å². The predicted molar refractivity (Wildman–Crippen MR) is 91.0 cm³/mol. The number of carbonyl (C=O) groups excluding carboxylic acids is 2. The summed E-state index contributed by atoms with van der Waals surface area (Å²) in [7, 11) is 0. The predicted octanol–water partition coefficient (Wildman–Crippen LogP) is 0.166. The second-order valence-corrected chi connectivity index (χ2v) is 9.53. The minimum absolute atomic E-state index is 0.143. The first-order chi connectivity index (χ1) is 12.6. The molecule has 2 saturated carbocycles. The van der Waals surface area contributed by atoms with Gasteiger partial charge in [0, 0.05) is 23.2 Å². The van der Waals surface area contributed by atoms with Gasteiger partial charge in [-0.05, 0) is 37.2 Å². The topological polar surface area (TPSA) is 113 Å². The van der Waals surface area contributed by atoms with Crippen LogP contribution in [0.5, 0.6) is 0 Å². The van der Waals surface area contributed by atoms with Crippen LogP contribution in [0.3, 0.4) is 0 Å². The highest BCUT2D eigenvalue weighted by Gasteiger charge is 2.81. The number of hydrogen-bond donors (Lipinski definition) is 3. The maximum Gasteiger partial charge on any atom is 0.306 e. The number of carbonyl (C=O) groups is 2. The summed E-state index contributed by atoms with van der Waals surface area (Å²) in [5.41, 5.74) is -0.927. The molecule has 4 fully saturated rings. The Labute approximate surface area is 157 Å². The Morgan fingerprint density at radius 3 is 2.67 bits per heavy atom. The number of aliphatic hydroxyl groups excluding tert-OH is 2. The highest BCUT2D eigenvalue weighted by Crippen LogP contribution is 2.73. The quantitative estimate of drug-likeness (QED) is 0.515. The average Bonchev–Trinajstić information content (AvgIpc) is 2.90. The highest BCUT2D eigenvalue weighted by molar-refractivity contribution is 5.96. The number of rotatable bonds is 0. The van der Waals surface area contributed by atoms with Gasteiger partial charge in [-0.3, -0.25) is 9.59 Å². The van der Waals surface area contributed by atoms with Gasteiger partial charge >= 0.3 is 5.97 Å². The second kappa shape index (κ2) is 5.00. The summed E-state index contributed by atoms with van der Waals surface area (Å²) < 4.78 is 11.6. The van der Waals surface area contributed by atoms with E-state index < -0.39 is 40.8 Å². The Kier molecular flexibility index (Phi) is 3.30. The second-order valence-electron chi connectivity index (χ2n) is 9.53. The molecule has 0 aromatic heterocycles. The van der Waals surface area contributed by atoms with Crippen LogP contribution in [0, 0.1) is 34.5 Å². The largest absolute Gasteiger partial charge is 0.462 e. The van der Waals surface area contributed by atoms with Crippen molar-refractivity contribution >= 4 is 11.8 Å². The van der Waals surface area contributed by atoms with Gasteiger partial charge in [0.05, 0.1) is 6.61 Å². The lowest BCUT2D eigenvalue weighted by molar-refractivity contribution is -0.332. The number of aliphatic hydroxyl groups is 3. The Hall–Kier alpha value is -1.28. The molecule has 2 saturated heterocycles. The van der Waals surface area contributed by atoms with Crippen LogP contribution in [-0.2, 0) is 19.1 Å². The van der Waals surface area contributed by atoms with Crippen molar-refractivity contribution in [3.05, 3.63) is 11.6 Å². The maximum absolute atomic E-state index is 12.5. The van der Waals surface area contributed by atoms with Gasteiger partial charge in [0.1, 0.15) is 18.3 Å². The molecule has 7 heteroatoms. The minimum atomic E-state index is -1.88. The zero-order valence-electron chi connectivity index (χ0n) is 15.7. The molecule has 3 aliphatic carbocycles. The van der Waals surface area contributed by atoms with Crippen LogP contribution in [-0.4, -0.2) is 57.8 Å². The van der Waals surface area contributed by atoms with Crippen molar-refractivity contribution in [2.24, 2.45) is 34.5 Å². The first-order valence-corrected chi connectivity index (χ1v) is 9.72. The van der Waals surface area contributed by atoms with Crippen molar-refractivity contribution in [3.8, 4) is 0 Å². The van der Waals surface area contributed by atoms with Gasteiger partial charge in [-0.15, -0.1) is 0 Å². The van der Waals surface area contributed by atoms with Gasteiger partial charge < -0.3 is 24.8 Å². The number of ether oxygens (including phenoxy) is 2. The van der Waals surface area contributed by atoms with Crippen LogP contribution >= 0.6 is 0 Å². The van der Waals surface area contributed by atoms with Gasteiger partial charge in [-0.2, -0.15) is 0 Å². The fourth-order valence-corrected chi connectivity index (χ4v) is 7.54. The molecule has 2 bridgehead atoms. The molecule has 3 N–H and O–H groups in total. The zero-order valence-corrected chi connectivity index (χ0v) is 15.7. The lowest BCUT2D eigenvalue weighted by Gasteiger charge is -2.67. The van der Waals surface area contributed by atoms with Crippen LogP contribution in [0.4, 0.5) is 0 Å². The molecule has 0 aromatic carbocycles. The number of ketones is 1. The van der Waals surface area contributed by atoms with Crippen molar-refractivity contribution in [3.63, 3.8) is 0 Å². The van der Waals surface area contributed by atoms with Crippen molar-refractivity contribution in [2.75, 3.05) is 6.61 Å². The number of fused-ring (bicyclic) bond motifs is 1. The summed E-state index contributed by atoms with van der Waals surface area (Å²) in [6, 6.07) is 0.